The number of likely N-dealkylation sites (N-methyl/N-ethyl adjacent to an activating group) is 1. The number of rotatable bonds is 5. The van der Waals surface area contributed by atoms with Crippen molar-refractivity contribution in [3.8, 4) is 5.88 Å². The molecule has 1 N–H and O–H groups in total. The molecular weight excluding hydrogens is 260 g/mol. The second kappa shape index (κ2) is 7.21. The molecule has 1 amide bonds. The quantitative estimate of drug-likeness (QED) is 0.859. The number of aliphatic hydroxyl groups is 1. The van der Waals surface area contributed by atoms with Gasteiger partial charge in [-0.3, -0.25) is 4.79 Å². The predicted molar refractivity (Wildman–Crippen MR) is 72.8 cm³/mol. The summed E-state index contributed by atoms with van der Waals surface area (Å²) in [6.07, 6.45) is 3.36. The molecule has 1 aliphatic rings. The molecule has 0 spiro atoms. The van der Waals surface area contributed by atoms with Gasteiger partial charge in [0.05, 0.1) is 25.4 Å². The molecule has 1 aromatic rings. The zero-order valence-corrected chi connectivity index (χ0v) is 11.6. The summed E-state index contributed by atoms with van der Waals surface area (Å²) in [5.41, 5.74) is 0.486. The van der Waals surface area contributed by atoms with Crippen molar-refractivity contribution < 1.29 is 19.4 Å². The van der Waals surface area contributed by atoms with Gasteiger partial charge in [0.15, 0.2) is 0 Å². The third-order valence-corrected chi connectivity index (χ3v) is 3.22. The first-order valence-electron chi connectivity index (χ1n) is 6.77. The van der Waals surface area contributed by atoms with Gasteiger partial charge in [-0.25, -0.2) is 4.98 Å². The monoisotopic (exact) mass is 280 g/mol. The van der Waals surface area contributed by atoms with E-state index in [0.717, 1.165) is 12.8 Å². The van der Waals surface area contributed by atoms with Crippen molar-refractivity contribution in [2.75, 3.05) is 33.4 Å². The van der Waals surface area contributed by atoms with Crippen LogP contribution in [0.3, 0.4) is 0 Å². The fourth-order valence-electron chi connectivity index (χ4n) is 2.01. The highest BCUT2D eigenvalue weighted by atomic mass is 16.5. The molecular formula is C14H20N2O4. The van der Waals surface area contributed by atoms with Crippen LogP contribution < -0.4 is 4.74 Å². The average Bonchev–Trinajstić information content (AvgIpc) is 2.48. The number of hydrogen-bond donors (Lipinski definition) is 1. The first-order chi connectivity index (χ1) is 9.70. The Morgan fingerprint density at radius 2 is 2.25 bits per heavy atom. The maximum atomic E-state index is 12.0. The molecule has 2 heterocycles. The van der Waals surface area contributed by atoms with Crippen LogP contribution in [0.2, 0.25) is 0 Å². The third-order valence-electron chi connectivity index (χ3n) is 3.22. The minimum atomic E-state index is -0.163. The van der Waals surface area contributed by atoms with Crippen molar-refractivity contribution in [2.45, 2.75) is 18.9 Å². The lowest BCUT2D eigenvalue weighted by Gasteiger charge is -2.22. The van der Waals surface area contributed by atoms with Gasteiger partial charge in [-0.2, -0.15) is 0 Å². The second-order valence-electron chi connectivity index (χ2n) is 4.77. The van der Waals surface area contributed by atoms with Crippen molar-refractivity contribution in [3.05, 3.63) is 23.9 Å². The van der Waals surface area contributed by atoms with Crippen molar-refractivity contribution in [3.63, 3.8) is 0 Å². The molecule has 110 valence electrons. The van der Waals surface area contributed by atoms with E-state index < -0.39 is 0 Å². The zero-order chi connectivity index (χ0) is 14.4. The highest BCUT2D eigenvalue weighted by Crippen LogP contribution is 2.16. The highest BCUT2D eigenvalue weighted by molar-refractivity contribution is 5.93. The van der Waals surface area contributed by atoms with Gasteiger partial charge in [0.25, 0.3) is 5.91 Å². The lowest BCUT2D eigenvalue weighted by Crippen LogP contribution is -2.29. The number of ether oxygens (including phenoxy) is 2. The van der Waals surface area contributed by atoms with Gasteiger partial charge in [-0.05, 0) is 6.07 Å². The molecule has 0 unspecified atom stereocenters. The van der Waals surface area contributed by atoms with E-state index in [1.54, 1.807) is 19.2 Å². The summed E-state index contributed by atoms with van der Waals surface area (Å²) in [5.74, 6) is 0.363. The zero-order valence-electron chi connectivity index (χ0n) is 11.6. The van der Waals surface area contributed by atoms with Gasteiger partial charge < -0.3 is 19.5 Å². The molecule has 1 saturated heterocycles. The summed E-state index contributed by atoms with van der Waals surface area (Å²) in [7, 11) is 1.64. The summed E-state index contributed by atoms with van der Waals surface area (Å²) >= 11 is 0. The molecule has 0 radical (unpaired) electrons. The molecule has 0 bridgehead atoms. The first-order valence-corrected chi connectivity index (χ1v) is 6.77. The van der Waals surface area contributed by atoms with E-state index in [1.165, 1.54) is 11.1 Å². The molecule has 1 aliphatic heterocycles. The minimum Gasteiger partial charge on any atom is -0.474 e. The van der Waals surface area contributed by atoms with Gasteiger partial charge in [0.1, 0.15) is 6.10 Å². The van der Waals surface area contributed by atoms with E-state index in [4.69, 9.17) is 14.6 Å². The van der Waals surface area contributed by atoms with Crippen LogP contribution >= 0.6 is 0 Å². The maximum absolute atomic E-state index is 12.0. The normalized spacial score (nSPS) is 15.9. The molecule has 0 aliphatic carbocycles. The summed E-state index contributed by atoms with van der Waals surface area (Å²) in [6, 6.07) is 3.40. The molecule has 20 heavy (non-hydrogen) atoms. The number of aromatic nitrogens is 1. The third kappa shape index (κ3) is 3.91. The Kier molecular flexibility index (Phi) is 5.31. The van der Waals surface area contributed by atoms with Crippen molar-refractivity contribution >= 4 is 5.91 Å². The van der Waals surface area contributed by atoms with E-state index in [-0.39, 0.29) is 18.6 Å². The predicted octanol–water partition coefficient (Wildman–Crippen LogP) is 0.704. The van der Waals surface area contributed by atoms with Crippen LogP contribution in [0.25, 0.3) is 0 Å². The molecule has 6 heteroatoms. The number of carbonyl (C=O) groups is 1. The Balaban J connectivity index is 1.93. The second-order valence-corrected chi connectivity index (χ2v) is 4.77. The van der Waals surface area contributed by atoms with Crippen LogP contribution in [-0.4, -0.2) is 60.4 Å². The smallest absolute Gasteiger partial charge is 0.255 e. The van der Waals surface area contributed by atoms with Crippen molar-refractivity contribution in [1.82, 2.24) is 9.88 Å². The molecule has 6 nitrogen and oxygen atoms in total. The van der Waals surface area contributed by atoms with Crippen LogP contribution in [0.15, 0.2) is 18.3 Å². The van der Waals surface area contributed by atoms with E-state index in [2.05, 4.69) is 4.98 Å². The van der Waals surface area contributed by atoms with Gasteiger partial charge in [-0.15, -0.1) is 0 Å². The molecule has 0 aromatic carbocycles. The van der Waals surface area contributed by atoms with E-state index in [0.29, 0.717) is 31.2 Å². The number of pyridine rings is 1. The number of nitrogens with zero attached hydrogens (tertiary/aromatic N) is 2. The molecule has 0 saturated carbocycles. The van der Waals surface area contributed by atoms with Crippen LogP contribution in [0, 0.1) is 0 Å². The fourth-order valence-corrected chi connectivity index (χ4v) is 2.01. The SMILES string of the molecule is CN(CCO)C(=O)c1ccc(OC2CCOCC2)nc1. The van der Waals surface area contributed by atoms with Crippen LogP contribution in [0.5, 0.6) is 5.88 Å². The first kappa shape index (κ1) is 14.7. The fraction of sp³-hybridized carbons (Fsp3) is 0.571. The summed E-state index contributed by atoms with van der Waals surface area (Å²) in [4.78, 5) is 17.6. The largest absolute Gasteiger partial charge is 0.474 e. The summed E-state index contributed by atoms with van der Waals surface area (Å²) in [5, 5.41) is 8.82. The van der Waals surface area contributed by atoms with Crippen LogP contribution in [0.4, 0.5) is 0 Å². The molecule has 1 aromatic heterocycles. The van der Waals surface area contributed by atoms with E-state index >= 15 is 0 Å². The van der Waals surface area contributed by atoms with Gasteiger partial charge in [-0.1, -0.05) is 0 Å². The van der Waals surface area contributed by atoms with Gasteiger partial charge >= 0.3 is 0 Å². The molecule has 2 rings (SSSR count). The number of amides is 1. The van der Waals surface area contributed by atoms with Crippen LogP contribution in [0.1, 0.15) is 23.2 Å². The Hall–Kier alpha value is -1.66. The topological polar surface area (TPSA) is 71.9 Å². The standard InChI is InChI=1S/C14H20N2O4/c1-16(6-7-17)14(18)11-2-3-13(15-10-11)20-12-4-8-19-9-5-12/h2-3,10,12,17H,4-9H2,1H3. The van der Waals surface area contributed by atoms with E-state index in [9.17, 15) is 4.79 Å². The lowest BCUT2D eigenvalue weighted by molar-refractivity contribution is 0.0237. The Morgan fingerprint density at radius 1 is 1.50 bits per heavy atom. The number of aliphatic hydroxyl groups excluding tert-OH is 1. The molecule has 0 atom stereocenters. The Bertz CT molecular complexity index is 429. The molecule has 1 fully saturated rings. The lowest BCUT2D eigenvalue weighted by atomic mass is 10.1. The van der Waals surface area contributed by atoms with Gasteiger partial charge in [0.2, 0.25) is 5.88 Å². The number of carbonyl (C=O) groups excluding carboxylic acids is 1. The Morgan fingerprint density at radius 3 is 2.85 bits per heavy atom. The minimum absolute atomic E-state index is 0.0549. The van der Waals surface area contributed by atoms with Gasteiger partial charge in [0, 0.05) is 38.7 Å². The summed E-state index contributed by atoms with van der Waals surface area (Å²) < 4.78 is 11.0. The van der Waals surface area contributed by atoms with Crippen molar-refractivity contribution in [2.24, 2.45) is 0 Å². The summed E-state index contributed by atoms with van der Waals surface area (Å²) in [6.45, 7) is 1.68. The van der Waals surface area contributed by atoms with Crippen molar-refractivity contribution in [1.29, 1.82) is 0 Å². The highest BCUT2D eigenvalue weighted by Gasteiger charge is 2.16. The Labute approximate surface area is 118 Å². The number of hydrogen-bond acceptors (Lipinski definition) is 5. The average molecular weight is 280 g/mol. The van der Waals surface area contributed by atoms with Crippen LogP contribution in [-0.2, 0) is 4.74 Å². The maximum Gasteiger partial charge on any atom is 0.255 e. The van der Waals surface area contributed by atoms with E-state index in [1.807, 2.05) is 0 Å².